The summed E-state index contributed by atoms with van der Waals surface area (Å²) in [4.78, 5) is 27.4. The van der Waals surface area contributed by atoms with Crippen molar-refractivity contribution in [3.05, 3.63) is 81.2 Å². The Balaban J connectivity index is 1.43. The van der Waals surface area contributed by atoms with Gasteiger partial charge in [0.25, 0.3) is 5.91 Å². The zero-order chi connectivity index (χ0) is 19.5. The van der Waals surface area contributed by atoms with Crippen LogP contribution in [0.2, 0.25) is 5.02 Å². The van der Waals surface area contributed by atoms with E-state index in [1.807, 2.05) is 6.07 Å². The summed E-state index contributed by atoms with van der Waals surface area (Å²) < 4.78 is 16.0. The van der Waals surface area contributed by atoms with Gasteiger partial charge in [0.1, 0.15) is 12.3 Å². The van der Waals surface area contributed by atoms with E-state index in [-0.39, 0.29) is 24.8 Å². The lowest BCUT2D eigenvalue weighted by Crippen LogP contribution is -2.17. The maximum absolute atomic E-state index is 12.4. The maximum atomic E-state index is 12.4. The fraction of sp³-hybridized carbons (Fsp3) is 0.100. The summed E-state index contributed by atoms with van der Waals surface area (Å²) >= 11 is 5.93. The van der Waals surface area contributed by atoms with E-state index in [1.54, 1.807) is 36.4 Å². The number of ether oxygens (including phenoxy) is 3. The summed E-state index contributed by atoms with van der Waals surface area (Å²) in [7, 11) is 0. The van der Waals surface area contributed by atoms with Crippen LogP contribution >= 0.6 is 11.6 Å². The van der Waals surface area contributed by atoms with Gasteiger partial charge in [0.2, 0.25) is 12.2 Å². The van der Waals surface area contributed by atoms with Crippen LogP contribution in [0.1, 0.15) is 16.1 Å². The summed E-state index contributed by atoms with van der Waals surface area (Å²) in [5, 5.41) is 3.29. The Hall–Kier alpha value is -3.45. The van der Waals surface area contributed by atoms with Gasteiger partial charge in [-0.3, -0.25) is 9.59 Å². The van der Waals surface area contributed by atoms with Crippen LogP contribution in [0.3, 0.4) is 0 Å². The second kappa shape index (κ2) is 7.66. The summed E-state index contributed by atoms with van der Waals surface area (Å²) in [6.07, 6.45) is 1.36. The van der Waals surface area contributed by atoms with Gasteiger partial charge in [0, 0.05) is 29.0 Å². The smallest absolute Gasteiger partial charge is 0.272 e. The quantitative estimate of drug-likeness (QED) is 0.685. The number of carbonyl (C=O) groups excluding carboxylic acids is 1. The fourth-order valence-corrected chi connectivity index (χ4v) is 2.88. The zero-order valence-electron chi connectivity index (χ0n) is 14.5. The summed E-state index contributed by atoms with van der Waals surface area (Å²) in [6, 6.07) is 13.4. The molecular formula is C20H15ClN2O5. The number of hydrogen-bond acceptors (Lipinski definition) is 5. The number of aromatic nitrogens is 1. The van der Waals surface area contributed by atoms with Crippen LogP contribution < -0.4 is 25.0 Å². The number of amides is 1. The Labute approximate surface area is 164 Å². The van der Waals surface area contributed by atoms with Crippen molar-refractivity contribution in [2.75, 3.05) is 12.1 Å². The molecule has 0 radical (unpaired) electrons. The molecule has 1 aliphatic heterocycles. The number of pyridine rings is 1. The summed E-state index contributed by atoms with van der Waals surface area (Å²) in [5.41, 5.74) is 1.06. The molecular weight excluding hydrogens is 384 g/mol. The van der Waals surface area contributed by atoms with Crippen molar-refractivity contribution in [3.8, 4) is 17.2 Å². The zero-order valence-corrected chi connectivity index (χ0v) is 15.3. The van der Waals surface area contributed by atoms with Gasteiger partial charge in [0.15, 0.2) is 17.2 Å². The molecule has 28 heavy (non-hydrogen) atoms. The molecule has 7 nitrogen and oxygen atoms in total. The van der Waals surface area contributed by atoms with E-state index in [4.69, 9.17) is 25.8 Å². The summed E-state index contributed by atoms with van der Waals surface area (Å²) in [6.45, 7) is 0.336. The van der Waals surface area contributed by atoms with Crippen LogP contribution in [0.4, 0.5) is 5.69 Å². The van der Waals surface area contributed by atoms with E-state index in [9.17, 15) is 9.59 Å². The van der Waals surface area contributed by atoms with Crippen molar-refractivity contribution in [3.63, 3.8) is 0 Å². The van der Waals surface area contributed by atoms with Crippen molar-refractivity contribution in [2.45, 2.75) is 6.61 Å². The van der Waals surface area contributed by atoms with E-state index in [0.29, 0.717) is 22.2 Å². The van der Waals surface area contributed by atoms with E-state index in [1.165, 1.54) is 12.3 Å². The van der Waals surface area contributed by atoms with Crippen molar-refractivity contribution >= 4 is 23.2 Å². The third kappa shape index (κ3) is 3.94. The number of hydrogen-bond donors (Lipinski definition) is 2. The average Bonchev–Trinajstić information content (AvgIpc) is 3.15. The third-order valence-electron chi connectivity index (χ3n) is 4.04. The number of halogens is 1. The second-order valence-electron chi connectivity index (χ2n) is 6.02. The molecule has 2 aromatic carbocycles. The molecule has 0 unspecified atom stereocenters. The molecule has 142 valence electrons. The molecule has 0 saturated carbocycles. The first-order chi connectivity index (χ1) is 13.6. The maximum Gasteiger partial charge on any atom is 0.272 e. The first kappa shape index (κ1) is 17.9. The SMILES string of the molecule is O=C(Nc1ccc2c(c1)OCO2)c1cc(=O)c(OCc2cccc(Cl)c2)c[nH]1. The highest BCUT2D eigenvalue weighted by Crippen LogP contribution is 2.34. The van der Waals surface area contributed by atoms with Gasteiger partial charge in [-0.25, -0.2) is 0 Å². The van der Waals surface area contributed by atoms with Crippen LogP contribution in [0.5, 0.6) is 17.2 Å². The number of benzene rings is 2. The molecule has 3 aromatic rings. The Morgan fingerprint density at radius 3 is 2.82 bits per heavy atom. The van der Waals surface area contributed by atoms with Gasteiger partial charge in [-0.1, -0.05) is 23.7 Å². The van der Waals surface area contributed by atoms with E-state index in [2.05, 4.69) is 10.3 Å². The lowest BCUT2D eigenvalue weighted by molar-refractivity contribution is 0.102. The number of fused-ring (bicyclic) bond motifs is 1. The monoisotopic (exact) mass is 398 g/mol. The number of anilines is 1. The fourth-order valence-electron chi connectivity index (χ4n) is 2.66. The van der Waals surface area contributed by atoms with Gasteiger partial charge in [-0.2, -0.15) is 0 Å². The lowest BCUT2D eigenvalue weighted by atomic mass is 10.2. The molecule has 0 bridgehead atoms. The Kier molecular flexibility index (Phi) is 4.90. The predicted molar refractivity (Wildman–Crippen MR) is 103 cm³/mol. The van der Waals surface area contributed by atoms with E-state index in [0.717, 1.165) is 5.56 Å². The number of carbonyl (C=O) groups is 1. The van der Waals surface area contributed by atoms with Gasteiger partial charge in [-0.05, 0) is 29.8 Å². The molecule has 4 rings (SSSR count). The third-order valence-corrected chi connectivity index (χ3v) is 4.27. The van der Waals surface area contributed by atoms with Crippen molar-refractivity contribution in [1.29, 1.82) is 0 Å². The number of aromatic amines is 1. The van der Waals surface area contributed by atoms with Crippen LogP contribution in [0.25, 0.3) is 0 Å². The number of rotatable bonds is 5. The highest BCUT2D eigenvalue weighted by molar-refractivity contribution is 6.30. The molecule has 0 saturated heterocycles. The first-order valence-electron chi connectivity index (χ1n) is 8.39. The molecule has 1 aromatic heterocycles. The molecule has 2 N–H and O–H groups in total. The number of H-pyrrole nitrogens is 1. The normalized spacial score (nSPS) is 11.9. The Morgan fingerprint density at radius 1 is 1.14 bits per heavy atom. The van der Waals surface area contributed by atoms with E-state index >= 15 is 0 Å². The first-order valence-corrected chi connectivity index (χ1v) is 8.77. The lowest BCUT2D eigenvalue weighted by Gasteiger charge is -2.08. The Bertz CT molecular complexity index is 1100. The minimum Gasteiger partial charge on any atom is -0.483 e. The molecule has 2 heterocycles. The van der Waals surface area contributed by atoms with Crippen LogP contribution in [-0.4, -0.2) is 17.7 Å². The molecule has 8 heteroatoms. The topological polar surface area (TPSA) is 89.7 Å². The Morgan fingerprint density at radius 2 is 2.00 bits per heavy atom. The van der Waals surface area contributed by atoms with Gasteiger partial charge >= 0.3 is 0 Å². The molecule has 1 aliphatic rings. The highest BCUT2D eigenvalue weighted by atomic mass is 35.5. The van der Waals surface area contributed by atoms with Crippen molar-refractivity contribution < 1.29 is 19.0 Å². The van der Waals surface area contributed by atoms with Gasteiger partial charge in [0.05, 0.1) is 0 Å². The number of nitrogens with one attached hydrogen (secondary N) is 2. The second-order valence-corrected chi connectivity index (χ2v) is 6.45. The van der Waals surface area contributed by atoms with Crippen molar-refractivity contribution in [1.82, 2.24) is 4.98 Å². The van der Waals surface area contributed by atoms with Gasteiger partial charge < -0.3 is 24.5 Å². The van der Waals surface area contributed by atoms with Crippen LogP contribution in [0, 0.1) is 0 Å². The summed E-state index contributed by atoms with van der Waals surface area (Å²) in [5.74, 6) is 0.820. The van der Waals surface area contributed by atoms with Gasteiger partial charge in [-0.15, -0.1) is 0 Å². The molecule has 1 amide bonds. The van der Waals surface area contributed by atoms with Crippen LogP contribution in [0.15, 0.2) is 59.5 Å². The highest BCUT2D eigenvalue weighted by Gasteiger charge is 2.15. The minimum absolute atomic E-state index is 0.109. The molecule has 0 aliphatic carbocycles. The molecule has 0 spiro atoms. The standard InChI is InChI=1S/C20H15ClN2O5/c21-13-3-1-2-12(6-13)10-26-19-9-22-15(8-16(19)24)20(25)23-14-4-5-17-18(7-14)28-11-27-17/h1-9H,10-11H2,(H,22,24)(H,23,25). The van der Waals surface area contributed by atoms with Crippen LogP contribution in [-0.2, 0) is 6.61 Å². The largest absolute Gasteiger partial charge is 0.483 e. The molecule has 0 fully saturated rings. The minimum atomic E-state index is -0.461. The molecule has 0 atom stereocenters. The average molecular weight is 399 g/mol. The van der Waals surface area contributed by atoms with E-state index < -0.39 is 11.3 Å². The predicted octanol–water partition coefficient (Wildman–Crippen LogP) is 3.59. The van der Waals surface area contributed by atoms with Crippen molar-refractivity contribution in [2.24, 2.45) is 0 Å².